The van der Waals surface area contributed by atoms with Crippen LogP contribution in [-0.2, 0) is 0 Å². The van der Waals surface area contributed by atoms with Crippen LogP contribution >= 0.6 is 0 Å². The van der Waals surface area contributed by atoms with Gasteiger partial charge in [0.05, 0.1) is 5.52 Å². The SMILES string of the molecule is Cc1cc(NC2CCN(C(=O)c3ccc4ccccc4n3)CC2)ncn1. The van der Waals surface area contributed by atoms with Crippen LogP contribution in [0.3, 0.4) is 0 Å². The molecule has 0 atom stereocenters. The van der Waals surface area contributed by atoms with Crippen molar-refractivity contribution >= 4 is 22.6 Å². The Morgan fingerprint density at radius 3 is 2.73 bits per heavy atom. The number of anilines is 1. The second-order valence-electron chi connectivity index (χ2n) is 6.64. The first-order chi connectivity index (χ1) is 12.7. The maximum absolute atomic E-state index is 12.8. The van der Waals surface area contributed by atoms with Crippen LogP contribution in [0.4, 0.5) is 5.82 Å². The highest BCUT2D eigenvalue weighted by atomic mass is 16.2. The first-order valence-electron chi connectivity index (χ1n) is 8.89. The molecule has 0 bridgehead atoms. The zero-order valence-corrected chi connectivity index (χ0v) is 14.7. The third-order valence-corrected chi connectivity index (χ3v) is 4.76. The Bertz CT molecular complexity index is 934. The molecule has 1 aliphatic rings. The van der Waals surface area contributed by atoms with Crippen LogP contribution < -0.4 is 5.32 Å². The minimum atomic E-state index is 0.00656. The summed E-state index contributed by atoms with van der Waals surface area (Å²) < 4.78 is 0. The molecule has 1 aliphatic heterocycles. The number of benzene rings is 1. The van der Waals surface area contributed by atoms with E-state index in [0.29, 0.717) is 11.7 Å². The second-order valence-corrected chi connectivity index (χ2v) is 6.64. The van der Waals surface area contributed by atoms with E-state index in [1.807, 2.05) is 54.3 Å². The lowest BCUT2D eigenvalue weighted by atomic mass is 10.0. The number of carbonyl (C=O) groups is 1. The average Bonchev–Trinajstić information content (AvgIpc) is 2.68. The zero-order chi connectivity index (χ0) is 17.9. The van der Waals surface area contributed by atoms with Crippen molar-refractivity contribution in [2.24, 2.45) is 0 Å². The number of piperidine rings is 1. The maximum atomic E-state index is 12.8. The van der Waals surface area contributed by atoms with Crippen molar-refractivity contribution in [3.63, 3.8) is 0 Å². The van der Waals surface area contributed by atoms with Gasteiger partial charge in [-0.3, -0.25) is 4.79 Å². The summed E-state index contributed by atoms with van der Waals surface area (Å²) in [6.07, 6.45) is 3.35. The van der Waals surface area contributed by atoms with E-state index in [9.17, 15) is 4.79 Å². The zero-order valence-electron chi connectivity index (χ0n) is 14.7. The van der Waals surface area contributed by atoms with Gasteiger partial charge in [-0.1, -0.05) is 24.3 Å². The summed E-state index contributed by atoms with van der Waals surface area (Å²) >= 11 is 0. The number of rotatable bonds is 3. The summed E-state index contributed by atoms with van der Waals surface area (Å²) in [4.78, 5) is 27.6. The van der Waals surface area contributed by atoms with Crippen LogP contribution in [0.15, 0.2) is 48.8 Å². The lowest BCUT2D eigenvalue weighted by Crippen LogP contribution is -2.42. The van der Waals surface area contributed by atoms with Crippen molar-refractivity contribution in [1.82, 2.24) is 19.9 Å². The molecular formula is C20H21N5O. The van der Waals surface area contributed by atoms with Crippen molar-refractivity contribution in [2.75, 3.05) is 18.4 Å². The minimum absolute atomic E-state index is 0.00656. The predicted molar refractivity (Wildman–Crippen MR) is 101 cm³/mol. The molecule has 0 unspecified atom stereocenters. The monoisotopic (exact) mass is 347 g/mol. The van der Waals surface area contributed by atoms with Crippen molar-refractivity contribution in [1.29, 1.82) is 0 Å². The number of nitrogens with zero attached hydrogens (tertiary/aromatic N) is 4. The molecule has 1 saturated heterocycles. The summed E-state index contributed by atoms with van der Waals surface area (Å²) in [6, 6.07) is 13.9. The Kier molecular flexibility index (Phi) is 4.48. The highest BCUT2D eigenvalue weighted by Crippen LogP contribution is 2.18. The number of aryl methyl sites for hydroxylation is 1. The summed E-state index contributed by atoms with van der Waals surface area (Å²) in [6.45, 7) is 3.38. The van der Waals surface area contributed by atoms with Crippen LogP contribution in [0.1, 0.15) is 29.0 Å². The van der Waals surface area contributed by atoms with Crippen LogP contribution in [0.5, 0.6) is 0 Å². The van der Waals surface area contributed by atoms with Crippen molar-refractivity contribution in [3.05, 3.63) is 60.2 Å². The van der Waals surface area contributed by atoms with E-state index < -0.39 is 0 Å². The molecule has 0 radical (unpaired) electrons. The number of likely N-dealkylation sites (tertiary alicyclic amines) is 1. The third kappa shape index (κ3) is 3.49. The molecule has 1 amide bonds. The Balaban J connectivity index is 1.39. The summed E-state index contributed by atoms with van der Waals surface area (Å²) in [5.74, 6) is 0.852. The maximum Gasteiger partial charge on any atom is 0.272 e. The van der Waals surface area contributed by atoms with Gasteiger partial charge in [0.1, 0.15) is 17.8 Å². The largest absolute Gasteiger partial charge is 0.367 e. The molecule has 3 heterocycles. The lowest BCUT2D eigenvalue weighted by molar-refractivity contribution is 0.0713. The van der Waals surface area contributed by atoms with Gasteiger partial charge in [-0.2, -0.15) is 0 Å². The number of pyridine rings is 1. The number of nitrogens with one attached hydrogen (secondary N) is 1. The number of para-hydroxylation sites is 1. The van der Waals surface area contributed by atoms with Crippen molar-refractivity contribution in [2.45, 2.75) is 25.8 Å². The molecule has 26 heavy (non-hydrogen) atoms. The Hall–Kier alpha value is -3.02. The van der Waals surface area contributed by atoms with Gasteiger partial charge in [0, 0.05) is 36.3 Å². The number of amides is 1. The molecule has 2 aromatic heterocycles. The topological polar surface area (TPSA) is 71.0 Å². The van der Waals surface area contributed by atoms with E-state index in [-0.39, 0.29) is 5.91 Å². The van der Waals surface area contributed by atoms with Crippen molar-refractivity contribution < 1.29 is 4.79 Å². The van der Waals surface area contributed by atoms with Crippen LogP contribution in [0, 0.1) is 6.92 Å². The number of hydrogen-bond donors (Lipinski definition) is 1. The first-order valence-corrected chi connectivity index (χ1v) is 8.89. The van der Waals surface area contributed by atoms with Gasteiger partial charge in [-0.05, 0) is 31.9 Å². The van der Waals surface area contributed by atoms with E-state index in [0.717, 1.165) is 48.3 Å². The summed E-state index contributed by atoms with van der Waals surface area (Å²) in [5, 5.41) is 4.49. The van der Waals surface area contributed by atoms with Crippen LogP contribution in [0.25, 0.3) is 10.9 Å². The normalized spacial score (nSPS) is 15.2. The number of carbonyl (C=O) groups excluding carboxylic acids is 1. The molecule has 4 rings (SSSR count). The quantitative estimate of drug-likeness (QED) is 0.788. The smallest absolute Gasteiger partial charge is 0.272 e. The molecule has 1 N–H and O–H groups in total. The molecule has 0 aliphatic carbocycles. The van der Waals surface area contributed by atoms with Gasteiger partial charge in [0.2, 0.25) is 0 Å². The standard InChI is InChI=1S/C20H21N5O/c1-14-12-19(22-13-21-14)23-16-8-10-25(11-9-16)20(26)18-7-6-15-4-2-3-5-17(15)24-18/h2-7,12-13,16H,8-11H2,1H3,(H,21,22,23). The summed E-state index contributed by atoms with van der Waals surface area (Å²) in [5.41, 5.74) is 2.31. The molecule has 6 heteroatoms. The second kappa shape index (κ2) is 7.07. The van der Waals surface area contributed by atoms with Gasteiger partial charge in [0.25, 0.3) is 5.91 Å². The number of aromatic nitrogens is 3. The van der Waals surface area contributed by atoms with E-state index in [2.05, 4.69) is 20.3 Å². The highest BCUT2D eigenvalue weighted by Gasteiger charge is 2.24. The highest BCUT2D eigenvalue weighted by molar-refractivity contribution is 5.95. The van der Waals surface area contributed by atoms with E-state index in [4.69, 9.17) is 0 Å². The van der Waals surface area contributed by atoms with Crippen molar-refractivity contribution in [3.8, 4) is 0 Å². The molecule has 6 nitrogen and oxygen atoms in total. The van der Waals surface area contributed by atoms with Gasteiger partial charge < -0.3 is 10.2 Å². The number of fused-ring (bicyclic) bond motifs is 1. The van der Waals surface area contributed by atoms with Crippen LogP contribution in [0.2, 0.25) is 0 Å². The molecule has 1 fully saturated rings. The van der Waals surface area contributed by atoms with E-state index in [1.165, 1.54) is 0 Å². The first kappa shape index (κ1) is 16.4. The van der Waals surface area contributed by atoms with E-state index in [1.54, 1.807) is 6.33 Å². The predicted octanol–water partition coefficient (Wildman–Crippen LogP) is 3.05. The van der Waals surface area contributed by atoms with E-state index >= 15 is 0 Å². The summed E-state index contributed by atoms with van der Waals surface area (Å²) in [7, 11) is 0. The molecule has 0 saturated carbocycles. The lowest BCUT2D eigenvalue weighted by Gasteiger charge is -2.32. The fourth-order valence-electron chi connectivity index (χ4n) is 3.32. The molecule has 1 aromatic carbocycles. The minimum Gasteiger partial charge on any atom is -0.367 e. The van der Waals surface area contributed by atoms with Gasteiger partial charge in [-0.25, -0.2) is 15.0 Å². The van der Waals surface area contributed by atoms with Gasteiger partial charge >= 0.3 is 0 Å². The fraction of sp³-hybridized carbons (Fsp3) is 0.300. The molecule has 132 valence electrons. The molecule has 0 spiro atoms. The Labute approximate surface area is 152 Å². The van der Waals surface area contributed by atoms with Gasteiger partial charge in [-0.15, -0.1) is 0 Å². The molecular weight excluding hydrogens is 326 g/mol. The third-order valence-electron chi connectivity index (χ3n) is 4.76. The van der Waals surface area contributed by atoms with Gasteiger partial charge in [0.15, 0.2) is 0 Å². The average molecular weight is 347 g/mol. The number of hydrogen-bond acceptors (Lipinski definition) is 5. The van der Waals surface area contributed by atoms with Crippen LogP contribution in [-0.4, -0.2) is 44.9 Å². The molecule has 3 aromatic rings. The fourth-order valence-corrected chi connectivity index (χ4v) is 3.32. The Morgan fingerprint density at radius 2 is 1.92 bits per heavy atom. The Morgan fingerprint density at radius 1 is 1.12 bits per heavy atom.